The number of carbonyl (C=O) groups excluding carboxylic acids is 1. The maximum absolute atomic E-state index is 12.9. The summed E-state index contributed by atoms with van der Waals surface area (Å²) in [4.78, 5) is 15.7. The Kier molecular flexibility index (Phi) is 32.5. The molecule has 1 N–H and O–H groups in total. The fourth-order valence-electron chi connectivity index (χ4n) is 6.99. The van der Waals surface area contributed by atoms with Crippen LogP contribution in [0.25, 0.3) is 0 Å². The van der Waals surface area contributed by atoms with Gasteiger partial charge in [0.25, 0.3) is 0 Å². The van der Waals surface area contributed by atoms with Gasteiger partial charge in [-0.3, -0.25) is 4.79 Å². The highest BCUT2D eigenvalue weighted by Crippen LogP contribution is 2.26. The van der Waals surface area contributed by atoms with Gasteiger partial charge in [-0.05, 0) is 70.9 Å². The number of ketones is 1. The fourth-order valence-corrected chi connectivity index (χ4v) is 6.99. The van der Waals surface area contributed by atoms with Gasteiger partial charge in [0.15, 0.2) is 0 Å². The molecule has 0 rings (SSSR count). The molecule has 0 aliphatic heterocycles. The summed E-state index contributed by atoms with van der Waals surface area (Å²) in [5.74, 6) is 1.69. The van der Waals surface area contributed by atoms with Crippen molar-refractivity contribution in [3.05, 3.63) is 12.3 Å². The molecule has 0 bridgehead atoms. The fraction of sp³-hybridized carbons (Fsp3) is 0.929. The summed E-state index contributed by atoms with van der Waals surface area (Å²) < 4.78 is 0. The molecule has 3 unspecified atom stereocenters. The van der Waals surface area contributed by atoms with Crippen molar-refractivity contribution >= 4 is 5.78 Å². The van der Waals surface area contributed by atoms with E-state index in [4.69, 9.17) is 0 Å². The number of allylic oxidation sites excluding steroid dienone is 1. The Labute approximate surface area is 284 Å². The summed E-state index contributed by atoms with van der Waals surface area (Å²) in [6.45, 7) is 18.5. The molecule has 0 aromatic carbocycles. The van der Waals surface area contributed by atoms with Crippen LogP contribution in [0, 0.1) is 11.8 Å². The Morgan fingerprint density at radius 2 is 1.11 bits per heavy atom. The molecule has 3 nitrogen and oxygen atoms in total. The molecule has 3 heteroatoms. The molecule has 0 fully saturated rings. The Balaban J connectivity index is 4.51. The van der Waals surface area contributed by atoms with Gasteiger partial charge in [-0.25, -0.2) is 0 Å². The lowest BCUT2D eigenvalue weighted by Crippen LogP contribution is -2.37. The van der Waals surface area contributed by atoms with Crippen LogP contribution in [0.5, 0.6) is 0 Å². The first-order valence-corrected chi connectivity index (χ1v) is 20.6. The first-order valence-electron chi connectivity index (χ1n) is 20.6. The molecule has 45 heavy (non-hydrogen) atoms. The van der Waals surface area contributed by atoms with Crippen LogP contribution in [0.15, 0.2) is 12.3 Å². The molecule has 0 amide bonds. The van der Waals surface area contributed by atoms with E-state index in [0.717, 1.165) is 44.7 Å². The number of nitrogens with one attached hydrogen (secondary N) is 1. The Bertz CT molecular complexity index is 647. The van der Waals surface area contributed by atoms with Crippen LogP contribution >= 0.6 is 0 Å². The molecule has 0 saturated heterocycles. The average molecular weight is 633 g/mol. The predicted molar refractivity (Wildman–Crippen MR) is 203 cm³/mol. The van der Waals surface area contributed by atoms with Crippen LogP contribution < -0.4 is 5.32 Å². The van der Waals surface area contributed by atoms with Gasteiger partial charge in [-0.15, -0.1) is 0 Å². The number of hydrogen-bond donors (Lipinski definition) is 1. The Hall–Kier alpha value is -0.830. The van der Waals surface area contributed by atoms with E-state index in [1.807, 2.05) is 0 Å². The van der Waals surface area contributed by atoms with E-state index in [-0.39, 0.29) is 0 Å². The summed E-state index contributed by atoms with van der Waals surface area (Å²) in [6, 6.07) is 0.648. The zero-order valence-electron chi connectivity index (χ0n) is 32.0. The second-order valence-electron chi connectivity index (χ2n) is 14.7. The number of Topliss-reactive ketones (excluding diaryl/α,β-unsaturated/α-hetero) is 1. The summed E-state index contributed by atoms with van der Waals surface area (Å²) >= 11 is 0. The molecule has 0 spiro atoms. The van der Waals surface area contributed by atoms with Crippen molar-refractivity contribution in [2.24, 2.45) is 11.8 Å². The van der Waals surface area contributed by atoms with E-state index >= 15 is 0 Å². The second-order valence-corrected chi connectivity index (χ2v) is 14.7. The molecule has 0 heterocycles. The molecule has 0 aliphatic rings. The minimum Gasteiger partial charge on any atom is -0.372 e. The molecular weight excluding hydrogens is 548 g/mol. The lowest BCUT2D eigenvalue weighted by molar-refractivity contribution is -0.123. The molecule has 0 aromatic heterocycles. The van der Waals surface area contributed by atoms with Crippen LogP contribution in [0.3, 0.4) is 0 Å². The van der Waals surface area contributed by atoms with Crippen LogP contribution in [0.1, 0.15) is 214 Å². The van der Waals surface area contributed by atoms with Crippen LogP contribution in [-0.4, -0.2) is 36.9 Å². The van der Waals surface area contributed by atoms with E-state index in [1.54, 1.807) is 0 Å². The first kappa shape index (κ1) is 44.2. The largest absolute Gasteiger partial charge is 0.372 e. The first-order chi connectivity index (χ1) is 21.9. The van der Waals surface area contributed by atoms with E-state index < -0.39 is 0 Å². The van der Waals surface area contributed by atoms with Crippen molar-refractivity contribution in [3.8, 4) is 0 Å². The standard InChI is InChI=1S/C42H84N2O/c1-8-12-15-17-22-25-30-39(6)44(36-29-35-43-7)41(37-38(5)11-4)33-27-23-20-18-19-21-24-28-34-42(45)40(31-14-10-3)32-26-16-13-9-2/h38,40-41,43H,6,8-37H2,1-5,7H3. The van der Waals surface area contributed by atoms with Crippen molar-refractivity contribution in [2.45, 2.75) is 220 Å². The van der Waals surface area contributed by atoms with Gasteiger partial charge in [-0.1, -0.05) is 163 Å². The molecular formula is C42H84N2O. The van der Waals surface area contributed by atoms with Gasteiger partial charge in [-0.2, -0.15) is 0 Å². The lowest BCUT2D eigenvalue weighted by atomic mass is 9.89. The molecule has 268 valence electrons. The summed E-state index contributed by atoms with van der Waals surface area (Å²) in [5.41, 5.74) is 1.40. The zero-order valence-corrected chi connectivity index (χ0v) is 32.0. The molecule has 0 saturated carbocycles. The molecule has 0 radical (unpaired) electrons. The van der Waals surface area contributed by atoms with Crippen LogP contribution in [0.4, 0.5) is 0 Å². The highest BCUT2D eigenvalue weighted by Gasteiger charge is 2.21. The van der Waals surface area contributed by atoms with E-state index in [1.165, 1.54) is 160 Å². The maximum atomic E-state index is 12.9. The predicted octanol–water partition coefficient (Wildman–Crippen LogP) is 13.2. The van der Waals surface area contributed by atoms with Gasteiger partial charge in [0.1, 0.15) is 5.78 Å². The summed E-state index contributed by atoms with van der Waals surface area (Å²) in [5, 5.41) is 3.36. The van der Waals surface area contributed by atoms with E-state index in [0.29, 0.717) is 17.7 Å². The lowest BCUT2D eigenvalue weighted by Gasteiger charge is -2.37. The summed E-state index contributed by atoms with van der Waals surface area (Å²) in [6.07, 6.45) is 35.5. The number of nitrogens with zero attached hydrogens (tertiary/aromatic N) is 1. The van der Waals surface area contributed by atoms with Gasteiger partial charge < -0.3 is 10.2 Å². The Morgan fingerprint density at radius 3 is 1.69 bits per heavy atom. The molecule has 3 atom stereocenters. The monoisotopic (exact) mass is 633 g/mol. The average Bonchev–Trinajstić information content (AvgIpc) is 3.04. The highest BCUT2D eigenvalue weighted by molar-refractivity contribution is 5.80. The zero-order chi connectivity index (χ0) is 33.4. The van der Waals surface area contributed by atoms with Crippen molar-refractivity contribution in [1.29, 1.82) is 0 Å². The van der Waals surface area contributed by atoms with Gasteiger partial charge in [0.2, 0.25) is 0 Å². The van der Waals surface area contributed by atoms with Crippen molar-refractivity contribution in [2.75, 3.05) is 20.1 Å². The summed E-state index contributed by atoms with van der Waals surface area (Å²) in [7, 11) is 2.08. The van der Waals surface area contributed by atoms with Crippen molar-refractivity contribution < 1.29 is 4.79 Å². The maximum Gasteiger partial charge on any atom is 0.135 e. The van der Waals surface area contributed by atoms with Crippen molar-refractivity contribution in [1.82, 2.24) is 10.2 Å². The molecule has 0 aliphatic carbocycles. The molecule has 0 aromatic rings. The highest BCUT2D eigenvalue weighted by atomic mass is 16.1. The third-order valence-corrected chi connectivity index (χ3v) is 10.3. The number of rotatable bonds is 36. The number of hydrogen-bond acceptors (Lipinski definition) is 3. The topological polar surface area (TPSA) is 32.3 Å². The number of unbranched alkanes of at least 4 members (excludes halogenated alkanes) is 16. The minimum atomic E-state index is 0.345. The van der Waals surface area contributed by atoms with Crippen molar-refractivity contribution in [3.63, 3.8) is 0 Å². The quantitative estimate of drug-likeness (QED) is 0.0697. The SMILES string of the molecule is C=C(CCCCCCCC)N(CCCNC)C(CCCCCCCCCCC(=O)C(CCCC)CCCCCC)CC(C)CC. The van der Waals surface area contributed by atoms with Gasteiger partial charge >= 0.3 is 0 Å². The number of carbonyl (C=O) groups is 1. The third-order valence-electron chi connectivity index (χ3n) is 10.3. The Morgan fingerprint density at radius 1 is 0.622 bits per heavy atom. The normalized spacial score (nSPS) is 13.6. The smallest absolute Gasteiger partial charge is 0.135 e. The van der Waals surface area contributed by atoms with E-state index in [2.05, 4.69) is 58.5 Å². The third kappa shape index (κ3) is 25.9. The van der Waals surface area contributed by atoms with Gasteiger partial charge in [0, 0.05) is 30.6 Å². The van der Waals surface area contributed by atoms with Crippen LogP contribution in [-0.2, 0) is 4.79 Å². The minimum absolute atomic E-state index is 0.345. The van der Waals surface area contributed by atoms with E-state index in [9.17, 15) is 4.79 Å². The van der Waals surface area contributed by atoms with Crippen LogP contribution in [0.2, 0.25) is 0 Å². The van der Waals surface area contributed by atoms with Gasteiger partial charge in [0.05, 0.1) is 0 Å². The second kappa shape index (κ2) is 33.1.